The molecule has 0 unspecified atom stereocenters. The average molecular weight is 393 g/mol. The van der Waals surface area contributed by atoms with Crippen LogP contribution in [0, 0.1) is 6.92 Å². The van der Waals surface area contributed by atoms with Crippen LogP contribution < -0.4 is 4.90 Å². The first-order valence-corrected chi connectivity index (χ1v) is 9.48. The van der Waals surface area contributed by atoms with Crippen molar-refractivity contribution in [2.24, 2.45) is 0 Å². The van der Waals surface area contributed by atoms with Crippen LogP contribution in [-0.4, -0.2) is 34.6 Å². The molecule has 0 radical (unpaired) electrons. The summed E-state index contributed by atoms with van der Waals surface area (Å²) < 4.78 is 7.47. The Bertz CT molecular complexity index is 1090. The monoisotopic (exact) mass is 392 g/mol. The van der Waals surface area contributed by atoms with E-state index < -0.39 is 0 Å². The van der Waals surface area contributed by atoms with Gasteiger partial charge in [0.15, 0.2) is 5.65 Å². The van der Waals surface area contributed by atoms with E-state index in [1.54, 1.807) is 13.3 Å². The standard InChI is InChI=1S/C22H21ClN4O/c1-16-21-25-20(17-7-4-3-5-8-17)22(27(21)12-11-24-16)26(13-14-28-2)19-10-6-9-18(23)15-19/h3-12,15H,13-14H2,1-2H3. The predicted octanol–water partition coefficient (Wildman–Crippen LogP) is 5.14. The van der Waals surface area contributed by atoms with Crippen molar-refractivity contribution in [3.63, 3.8) is 0 Å². The number of rotatable bonds is 6. The second-order valence-electron chi connectivity index (χ2n) is 6.48. The number of halogens is 1. The summed E-state index contributed by atoms with van der Waals surface area (Å²) in [5, 5.41) is 0.688. The first-order valence-electron chi connectivity index (χ1n) is 9.10. The normalized spacial score (nSPS) is 11.1. The maximum absolute atomic E-state index is 6.29. The highest BCUT2D eigenvalue weighted by molar-refractivity contribution is 6.30. The van der Waals surface area contributed by atoms with Gasteiger partial charge in [-0.05, 0) is 25.1 Å². The second kappa shape index (κ2) is 8.00. The van der Waals surface area contributed by atoms with Gasteiger partial charge in [0.2, 0.25) is 0 Å². The molecule has 0 aliphatic rings. The van der Waals surface area contributed by atoms with Crippen molar-refractivity contribution in [2.75, 3.05) is 25.2 Å². The van der Waals surface area contributed by atoms with Gasteiger partial charge in [-0.2, -0.15) is 0 Å². The van der Waals surface area contributed by atoms with Crippen molar-refractivity contribution in [1.82, 2.24) is 14.4 Å². The molecule has 0 saturated heterocycles. The minimum absolute atomic E-state index is 0.568. The number of hydrogen-bond donors (Lipinski definition) is 0. The van der Waals surface area contributed by atoms with Crippen LogP contribution >= 0.6 is 11.6 Å². The van der Waals surface area contributed by atoms with E-state index in [0.29, 0.717) is 18.2 Å². The van der Waals surface area contributed by atoms with Gasteiger partial charge in [0.1, 0.15) is 11.5 Å². The zero-order chi connectivity index (χ0) is 19.5. The Morgan fingerprint density at radius 3 is 2.68 bits per heavy atom. The van der Waals surface area contributed by atoms with Crippen LogP contribution in [0.5, 0.6) is 0 Å². The SMILES string of the molecule is COCCN(c1cccc(Cl)c1)c1c(-c2ccccc2)nc2c(C)nccn12. The Kier molecular flexibility index (Phi) is 5.28. The minimum atomic E-state index is 0.568. The van der Waals surface area contributed by atoms with E-state index in [-0.39, 0.29) is 0 Å². The number of aryl methyl sites for hydroxylation is 1. The third-order valence-corrected chi connectivity index (χ3v) is 4.87. The Morgan fingerprint density at radius 2 is 1.93 bits per heavy atom. The molecule has 0 atom stereocenters. The highest BCUT2D eigenvalue weighted by atomic mass is 35.5. The van der Waals surface area contributed by atoms with E-state index in [0.717, 1.165) is 34.1 Å². The van der Waals surface area contributed by atoms with E-state index >= 15 is 0 Å². The molecule has 4 aromatic rings. The van der Waals surface area contributed by atoms with Gasteiger partial charge in [0, 0.05) is 42.3 Å². The summed E-state index contributed by atoms with van der Waals surface area (Å²) in [5.74, 6) is 0.964. The van der Waals surface area contributed by atoms with Crippen LogP contribution in [0.25, 0.3) is 16.9 Å². The lowest BCUT2D eigenvalue weighted by Gasteiger charge is -2.25. The molecule has 5 nitrogen and oxygen atoms in total. The van der Waals surface area contributed by atoms with Crippen molar-refractivity contribution in [2.45, 2.75) is 6.92 Å². The van der Waals surface area contributed by atoms with E-state index in [9.17, 15) is 0 Å². The molecule has 0 saturated carbocycles. The third kappa shape index (κ3) is 3.46. The number of anilines is 2. The van der Waals surface area contributed by atoms with Crippen molar-refractivity contribution >= 4 is 28.8 Å². The average Bonchev–Trinajstić information content (AvgIpc) is 3.10. The third-order valence-electron chi connectivity index (χ3n) is 4.64. The van der Waals surface area contributed by atoms with E-state index in [2.05, 4.69) is 26.4 Å². The van der Waals surface area contributed by atoms with E-state index in [4.69, 9.17) is 21.3 Å². The van der Waals surface area contributed by atoms with Crippen molar-refractivity contribution in [1.29, 1.82) is 0 Å². The summed E-state index contributed by atoms with van der Waals surface area (Å²) in [6, 6.07) is 18.0. The van der Waals surface area contributed by atoms with Crippen molar-refractivity contribution in [3.8, 4) is 11.3 Å². The van der Waals surface area contributed by atoms with Gasteiger partial charge in [-0.1, -0.05) is 48.0 Å². The quantitative estimate of drug-likeness (QED) is 0.455. The lowest BCUT2D eigenvalue weighted by atomic mass is 10.1. The molecule has 2 heterocycles. The summed E-state index contributed by atoms with van der Waals surface area (Å²) in [6.45, 7) is 3.20. The largest absolute Gasteiger partial charge is 0.383 e. The van der Waals surface area contributed by atoms with E-state index in [1.807, 2.05) is 55.6 Å². The first-order chi connectivity index (χ1) is 13.7. The Balaban J connectivity index is 1.99. The van der Waals surface area contributed by atoms with Crippen molar-refractivity contribution < 1.29 is 4.74 Å². The predicted molar refractivity (Wildman–Crippen MR) is 113 cm³/mol. The fourth-order valence-electron chi connectivity index (χ4n) is 3.32. The zero-order valence-electron chi connectivity index (χ0n) is 15.8. The van der Waals surface area contributed by atoms with E-state index in [1.165, 1.54) is 0 Å². The fraction of sp³-hybridized carbons (Fsp3) is 0.182. The minimum Gasteiger partial charge on any atom is -0.383 e. The molecule has 2 aromatic carbocycles. The van der Waals surface area contributed by atoms with Gasteiger partial charge in [0.25, 0.3) is 0 Å². The maximum Gasteiger partial charge on any atom is 0.160 e. The van der Waals surface area contributed by atoms with Gasteiger partial charge in [-0.3, -0.25) is 9.38 Å². The molecule has 2 aromatic heterocycles. The Hall–Kier alpha value is -2.89. The highest BCUT2D eigenvalue weighted by Gasteiger charge is 2.22. The molecular formula is C22H21ClN4O. The number of aromatic nitrogens is 3. The summed E-state index contributed by atoms with van der Waals surface area (Å²) in [4.78, 5) is 11.6. The van der Waals surface area contributed by atoms with Crippen molar-refractivity contribution in [3.05, 3.63) is 77.7 Å². The molecule has 0 amide bonds. The molecule has 142 valence electrons. The summed E-state index contributed by atoms with van der Waals surface area (Å²) in [6.07, 6.45) is 3.75. The van der Waals surface area contributed by atoms with Crippen LogP contribution in [-0.2, 0) is 4.74 Å². The topological polar surface area (TPSA) is 42.7 Å². The Morgan fingerprint density at radius 1 is 1.11 bits per heavy atom. The van der Waals surface area contributed by atoms with Gasteiger partial charge in [-0.15, -0.1) is 0 Å². The number of imidazole rings is 1. The number of nitrogens with zero attached hydrogens (tertiary/aromatic N) is 4. The molecule has 0 aliphatic carbocycles. The molecule has 0 bridgehead atoms. The molecule has 0 N–H and O–H groups in total. The number of ether oxygens (including phenoxy) is 1. The van der Waals surface area contributed by atoms with Crippen LogP contribution in [0.3, 0.4) is 0 Å². The summed E-state index contributed by atoms with van der Waals surface area (Å²) >= 11 is 6.29. The lowest BCUT2D eigenvalue weighted by Crippen LogP contribution is -2.24. The molecule has 0 aliphatic heterocycles. The number of hydrogen-bond acceptors (Lipinski definition) is 4. The molecule has 4 rings (SSSR count). The summed E-state index contributed by atoms with van der Waals surface area (Å²) in [5.41, 5.74) is 4.64. The van der Waals surface area contributed by atoms with Crippen LogP contribution in [0.4, 0.5) is 11.5 Å². The highest BCUT2D eigenvalue weighted by Crippen LogP contribution is 2.36. The van der Waals surface area contributed by atoms with Gasteiger partial charge in [-0.25, -0.2) is 4.98 Å². The van der Waals surface area contributed by atoms with Crippen LogP contribution in [0.15, 0.2) is 67.0 Å². The number of methoxy groups -OCH3 is 1. The maximum atomic E-state index is 6.29. The molecule has 0 spiro atoms. The number of fused-ring (bicyclic) bond motifs is 1. The van der Waals surface area contributed by atoms with Gasteiger partial charge >= 0.3 is 0 Å². The second-order valence-corrected chi connectivity index (χ2v) is 6.92. The summed E-state index contributed by atoms with van der Waals surface area (Å²) in [7, 11) is 1.71. The molecule has 0 fully saturated rings. The smallest absolute Gasteiger partial charge is 0.160 e. The molecule has 28 heavy (non-hydrogen) atoms. The Labute approximate surface area is 169 Å². The first kappa shape index (κ1) is 18.5. The van der Waals surface area contributed by atoms with Crippen LogP contribution in [0.1, 0.15) is 5.69 Å². The van der Waals surface area contributed by atoms with Gasteiger partial charge < -0.3 is 9.64 Å². The number of benzene rings is 2. The fourth-order valence-corrected chi connectivity index (χ4v) is 3.51. The molecular weight excluding hydrogens is 372 g/mol. The zero-order valence-corrected chi connectivity index (χ0v) is 16.6. The van der Waals surface area contributed by atoms with Crippen LogP contribution in [0.2, 0.25) is 5.02 Å². The lowest BCUT2D eigenvalue weighted by molar-refractivity contribution is 0.207. The molecule has 6 heteroatoms. The van der Waals surface area contributed by atoms with Gasteiger partial charge in [0.05, 0.1) is 12.3 Å².